The van der Waals surface area contributed by atoms with Crippen LogP contribution in [0, 0.1) is 6.92 Å². The van der Waals surface area contributed by atoms with Crippen LogP contribution in [0.2, 0.25) is 0 Å². The first-order valence-corrected chi connectivity index (χ1v) is 21.7. The number of para-hydroxylation sites is 1. The van der Waals surface area contributed by atoms with Crippen LogP contribution in [0.25, 0.3) is 11.0 Å². The Morgan fingerprint density at radius 1 is 0.633 bits per heavy atom. The number of oxazole rings is 1. The number of ketones is 1. The van der Waals surface area contributed by atoms with Gasteiger partial charge >= 0.3 is 0 Å². The largest absolute Gasteiger partial charge is 0.448 e. The van der Waals surface area contributed by atoms with E-state index < -0.39 is 0 Å². The van der Waals surface area contributed by atoms with Gasteiger partial charge in [-0.3, -0.25) is 14.3 Å². The molecule has 6 aromatic rings. The number of benzene rings is 3. The smallest absolute Gasteiger partial charge is 0.253 e. The molecular formula is C51H70N6O3. The van der Waals surface area contributed by atoms with Crippen molar-refractivity contribution in [3.8, 4) is 0 Å². The molecule has 2 aliphatic rings. The molecule has 4 heterocycles. The molecule has 8 rings (SSSR count). The second-order valence-corrected chi connectivity index (χ2v) is 17.5. The number of amides is 1. The summed E-state index contributed by atoms with van der Waals surface area (Å²) in [7, 11) is 5.88. The van der Waals surface area contributed by atoms with E-state index in [2.05, 4.69) is 119 Å². The molecule has 0 N–H and O–H groups in total. The number of rotatable bonds is 5. The molecule has 0 radical (unpaired) electrons. The molecule has 60 heavy (non-hydrogen) atoms. The fourth-order valence-corrected chi connectivity index (χ4v) is 7.98. The molecule has 0 saturated carbocycles. The van der Waals surface area contributed by atoms with Crippen LogP contribution in [0.4, 0.5) is 0 Å². The van der Waals surface area contributed by atoms with Crippen molar-refractivity contribution in [1.29, 1.82) is 0 Å². The van der Waals surface area contributed by atoms with Crippen molar-refractivity contribution in [2.75, 3.05) is 13.6 Å². The minimum absolute atomic E-state index is 0.166. The Bertz CT molecular complexity index is 2260. The van der Waals surface area contributed by atoms with Crippen LogP contribution in [0.1, 0.15) is 177 Å². The molecule has 9 nitrogen and oxygen atoms in total. The van der Waals surface area contributed by atoms with E-state index in [0.717, 1.165) is 60.3 Å². The molecule has 1 aliphatic carbocycles. The number of likely N-dealkylation sites (N-methyl/N-ethyl adjacent to an activating group) is 1. The van der Waals surface area contributed by atoms with E-state index in [4.69, 9.17) is 4.42 Å². The minimum atomic E-state index is 0.166. The van der Waals surface area contributed by atoms with Gasteiger partial charge in [-0.15, -0.1) is 0 Å². The van der Waals surface area contributed by atoms with Crippen molar-refractivity contribution in [3.05, 3.63) is 136 Å². The highest BCUT2D eigenvalue weighted by Gasteiger charge is 2.24. The molecule has 3 aromatic carbocycles. The zero-order chi connectivity index (χ0) is 44.3. The van der Waals surface area contributed by atoms with E-state index >= 15 is 0 Å². The van der Waals surface area contributed by atoms with E-state index in [9.17, 15) is 9.59 Å². The Hall–Kier alpha value is -5.31. The monoisotopic (exact) mass is 815 g/mol. The molecule has 322 valence electrons. The van der Waals surface area contributed by atoms with Gasteiger partial charge in [-0.25, -0.2) is 9.97 Å². The molecule has 9 heteroatoms. The first-order valence-electron chi connectivity index (χ1n) is 21.7. The number of hydrogen-bond acceptors (Lipinski definition) is 6. The maximum atomic E-state index is 11.9. The van der Waals surface area contributed by atoms with Gasteiger partial charge in [0.15, 0.2) is 12.2 Å². The molecular weight excluding hydrogens is 745 g/mol. The Kier molecular flexibility index (Phi) is 17.2. The Morgan fingerprint density at radius 2 is 1.22 bits per heavy atom. The maximum Gasteiger partial charge on any atom is 0.253 e. The first-order chi connectivity index (χ1) is 28.4. The number of carbonyl (C=O) groups is 2. The third-order valence-electron chi connectivity index (χ3n) is 11.2. The summed E-state index contributed by atoms with van der Waals surface area (Å²) >= 11 is 0. The van der Waals surface area contributed by atoms with E-state index in [1.165, 1.54) is 45.4 Å². The predicted octanol–water partition coefficient (Wildman–Crippen LogP) is 12.1. The zero-order valence-corrected chi connectivity index (χ0v) is 38.8. The van der Waals surface area contributed by atoms with Gasteiger partial charge in [0.2, 0.25) is 0 Å². The summed E-state index contributed by atoms with van der Waals surface area (Å²) in [6, 6.07) is 20.6. The SMILES string of the molecule is CC(C)c1cccc2c1CCCC2=O.CC(C)c1cccc2c1CCN(C)C2=O.CC(C)c1cccc2ncn(C)c12.CC(C)c1ccnn1C.Cc1ncoc1C(C)C. The van der Waals surface area contributed by atoms with Crippen LogP contribution in [-0.4, -0.2) is 54.5 Å². The Morgan fingerprint density at radius 3 is 1.72 bits per heavy atom. The van der Waals surface area contributed by atoms with Crippen LogP contribution in [0.5, 0.6) is 0 Å². The van der Waals surface area contributed by atoms with Gasteiger partial charge in [-0.1, -0.05) is 112 Å². The van der Waals surface area contributed by atoms with Gasteiger partial charge in [0.25, 0.3) is 5.91 Å². The summed E-state index contributed by atoms with van der Waals surface area (Å²) in [6.07, 6.45) is 9.02. The maximum absolute atomic E-state index is 11.9. The number of imidazole rings is 1. The van der Waals surface area contributed by atoms with Gasteiger partial charge < -0.3 is 13.9 Å². The zero-order valence-electron chi connectivity index (χ0n) is 38.8. The molecule has 0 spiro atoms. The van der Waals surface area contributed by atoms with Crippen molar-refractivity contribution >= 4 is 22.7 Å². The summed E-state index contributed by atoms with van der Waals surface area (Å²) in [4.78, 5) is 33.7. The topological polar surface area (TPSA) is 99.1 Å². The lowest BCUT2D eigenvalue weighted by Crippen LogP contribution is -2.34. The fraction of sp³-hybridized carbons (Fsp3) is 0.471. The van der Waals surface area contributed by atoms with Crippen LogP contribution < -0.4 is 0 Å². The van der Waals surface area contributed by atoms with Gasteiger partial charge in [-0.2, -0.15) is 5.10 Å². The van der Waals surface area contributed by atoms with Crippen LogP contribution in [-0.2, 0) is 26.9 Å². The van der Waals surface area contributed by atoms with E-state index in [-0.39, 0.29) is 5.91 Å². The van der Waals surface area contributed by atoms with Crippen molar-refractivity contribution < 1.29 is 14.0 Å². The van der Waals surface area contributed by atoms with Crippen LogP contribution >= 0.6 is 0 Å². The standard InChI is InChI=1S/C13H17NO.C13H16O.C11H14N2.C7H12N2.C7H11NO/c1-9(2)10-5-4-6-12-11(10)7-8-14(3)13(12)15;1-9(2)10-5-3-7-12-11(10)6-4-8-13(12)14;1-8(2)9-5-4-6-10-11(9)13(3)7-12-10;1-6(2)7-4-5-8-9(7)3;1-5(2)7-6(3)8-4-9-7/h4-6,9H,7-8H2,1-3H3;3,5,7,9H,4,6,8H2,1-2H3;4-8H,1-3H3;4-6H,1-3H3;4-5H,1-3H3. The van der Waals surface area contributed by atoms with Crippen molar-refractivity contribution in [3.63, 3.8) is 0 Å². The van der Waals surface area contributed by atoms with Gasteiger partial charge in [0, 0.05) is 63.0 Å². The predicted molar refractivity (Wildman–Crippen MR) is 246 cm³/mol. The molecule has 0 saturated heterocycles. The molecule has 0 atom stereocenters. The number of hydrogen-bond donors (Lipinski definition) is 0. The number of Topliss-reactive ketones (excluding diaryl/α,β-unsaturated/α-hetero) is 1. The fourth-order valence-electron chi connectivity index (χ4n) is 7.98. The lowest BCUT2D eigenvalue weighted by atomic mass is 9.84. The van der Waals surface area contributed by atoms with Gasteiger partial charge in [0.1, 0.15) is 5.76 Å². The third kappa shape index (κ3) is 11.9. The summed E-state index contributed by atoms with van der Waals surface area (Å²) in [5, 5.41) is 4.05. The van der Waals surface area contributed by atoms with Crippen molar-refractivity contribution in [2.24, 2.45) is 14.1 Å². The quantitative estimate of drug-likeness (QED) is 0.172. The average molecular weight is 815 g/mol. The molecule has 0 unspecified atom stereocenters. The number of aryl methyl sites for hydroxylation is 3. The molecule has 1 aliphatic heterocycles. The number of aromatic nitrogens is 5. The summed E-state index contributed by atoms with van der Waals surface area (Å²) in [5.41, 5.74) is 13.1. The summed E-state index contributed by atoms with van der Waals surface area (Å²) in [6.45, 7) is 24.5. The van der Waals surface area contributed by atoms with E-state index in [1.54, 1.807) is 4.90 Å². The number of fused-ring (bicyclic) bond motifs is 3. The van der Waals surface area contributed by atoms with Gasteiger partial charge in [0.05, 0.1) is 23.1 Å². The van der Waals surface area contributed by atoms with Crippen molar-refractivity contribution in [1.82, 2.24) is 29.2 Å². The van der Waals surface area contributed by atoms with Crippen LogP contribution in [0.15, 0.2) is 84.0 Å². The summed E-state index contributed by atoms with van der Waals surface area (Å²) in [5.74, 6) is 4.10. The van der Waals surface area contributed by atoms with E-state index in [0.29, 0.717) is 35.4 Å². The highest BCUT2D eigenvalue weighted by atomic mass is 16.3. The normalized spacial score (nSPS) is 13.3. The minimum Gasteiger partial charge on any atom is -0.448 e. The van der Waals surface area contributed by atoms with Crippen molar-refractivity contribution in [2.45, 2.75) is 131 Å². The average Bonchev–Trinajstić information content (AvgIpc) is 3.96. The Labute approximate surface area is 359 Å². The molecule has 0 fully saturated rings. The highest BCUT2D eigenvalue weighted by Crippen LogP contribution is 2.30. The molecule has 3 aromatic heterocycles. The second-order valence-electron chi connectivity index (χ2n) is 17.5. The highest BCUT2D eigenvalue weighted by molar-refractivity contribution is 5.99. The molecule has 1 amide bonds. The van der Waals surface area contributed by atoms with Gasteiger partial charge in [-0.05, 0) is 95.9 Å². The Balaban J connectivity index is 0.000000168. The third-order valence-corrected chi connectivity index (χ3v) is 11.2. The summed E-state index contributed by atoms with van der Waals surface area (Å²) < 4.78 is 9.11. The van der Waals surface area contributed by atoms with E-state index in [1.807, 2.05) is 75.6 Å². The second kappa shape index (κ2) is 21.8. The number of carbonyl (C=O) groups excluding carboxylic acids is 2. The first kappa shape index (κ1) is 47.4. The molecule has 0 bridgehead atoms. The van der Waals surface area contributed by atoms with Crippen LogP contribution in [0.3, 0.4) is 0 Å². The number of nitrogens with zero attached hydrogens (tertiary/aromatic N) is 6. The lowest BCUT2D eigenvalue weighted by molar-refractivity contribution is 0.0780. The lowest BCUT2D eigenvalue weighted by Gasteiger charge is -2.27.